The highest BCUT2D eigenvalue weighted by Gasteiger charge is 2.33. The molecule has 1 fully saturated rings. The van der Waals surface area contributed by atoms with E-state index in [1.807, 2.05) is 42.9 Å². The van der Waals surface area contributed by atoms with E-state index in [-0.39, 0.29) is 29.2 Å². The van der Waals surface area contributed by atoms with Gasteiger partial charge in [-0.05, 0) is 69.3 Å². The molecule has 2 aliphatic rings. The Hall–Kier alpha value is -3.78. The van der Waals surface area contributed by atoms with Gasteiger partial charge in [-0.3, -0.25) is 14.5 Å². The van der Waals surface area contributed by atoms with Gasteiger partial charge in [-0.25, -0.2) is 0 Å². The second-order valence-electron chi connectivity index (χ2n) is 9.26. The number of benzene rings is 2. The molecule has 0 saturated carbocycles. The normalized spacial score (nSPS) is 17.4. The first-order chi connectivity index (χ1) is 17.4. The lowest BCUT2D eigenvalue weighted by atomic mass is 9.96. The van der Waals surface area contributed by atoms with Crippen LogP contribution < -0.4 is 9.47 Å². The van der Waals surface area contributed by atoms with Crippen LogP contribution in [0.2, 0.25) is 0 Å². The van der Waals surface area contributed by atoms with Crippen molar-refractivity contribution in [1.82, 2.24) is 9.47 Å². The number of aryl methyl sites for hydroxylation is 1. The largest absolute Gasteiger partial charge is 0.507 e. The number of piperidine rings is 1. The molecule has 1 saturated heterocycles. The molecule has 5 rings (SSSR count). The monoisotopic (exact) mass is 490 g/mol. The molecule has 3 aromatic rings. The van der Waals surface area contributed by atoms with Gasteiger partial charge < -0.3 is 23.9 Å². The lowest BCUT2D eigenvalue weighted by Crippen LogP contribution is -2.36. The van der Waals surface area contributed by atoms with Gasteiger partial charge in [-0.15, -0.1) is 0 Å². The van der Waals surface area contributed by atoms with Gasteiger partial charge in [0.1, 0.15) is 17.2 Å². The van der Waals surface area contributed by atoms with Crippen molar-refractivity contribution in [2.45, 2.75) is 26.3 Å². The maximum absolute atomic E-state index is 13.2. The molecule has 2 aromatic carbocycles. The number of carbonyl (C=O) groups excluding carboxylic acids is 2. The summed E-state index contributed by atoms with van der Waals surface area (Å²) in [4.78, 5) is 27.5. The van der Waals surface area contributed by atoms with Gasteiger partial charge in [0, 0.05) is 36.3 Å². The fraction of sp³-hybridized carbons (Fsp3) is 0.357. The highest BCUT2D eigenvalue weighted by molar-refractivity contribution is 6.15. The van der Waals surface area contributed by atoms with E-state index in [1.165, 1.54) is 0 Å². The van der Waals surface area contributed by atoms with Crippen LogP contribution in [0.25, 0.3) is 17.0 Å². The van der Waals surface area contributed by atoms with Crippen LogP contribution in [0, 0.1) is 5.92 Å². The van der Waals surface area contributed by atoms with E-state index in [9.17, 15) is 14.7 Å². The molecule has 0 atom stereocenters. The number of hydrogen-bond acceptors (Lipinski definition) is 7. The number of ketones is 1. The number of carbonyl (C=O) groups is 2. The summed E-state index contributed by atoms with van der Waals surface area (Å²) in [6, 6.07) is 8.97. The Kier molecular flexibility index (Phi) is 6.45. The van der Waals surface area contributed by atoms with Gasteiger partial charge in [0.25, 0.3) is 0 Å². The van der Waals surface area contributed by atoms with Crippen LogP contribution in [-0.2, 0) is 23.1 Å². The summed E-state index contributed by atoms with van der Waals surface area (Å²) >= 11 is 0. The van der Waals surface area contributed by atoms with Gasteiger partial charge in [-0.1, -0.05) is 0 Å². The summed E-state index contributed by atoms with van der Waals surface area (Å²) in [6.45, 7) is 4.02. The molecule has 0 radical (unpaired) electrons. The van der Waals surface area contributed by atoms with Crippen LogP contribution in [0.15, 0.2) is 42.3 Å². The smallest absolute Gasteiger partial charge is 0.309 e. The standard InChI is InChI=1S/C28H30N2O6/c1-4-35-28(33)17-9-11-30(12-10-17)16-22-24(31)8-6-20-26(32)25(36-27(20)22)13-18-15-29(2)23-7-5-19(34-3)14-21(18)23/h5-8,13-15,17,31H,4,9-12,16H2,1-3H3/b25-13+. The molecule has 3 heterocycles. The summed E-state index contributed by atoms with van der Waals surface area (Å²) < 4.78 is 18.6. The van der Waals surface area contributed by atoms with Gasteiger partial charge in [0.15, 0.2) is 5.76 Å². The Balaban J connectivity index is 1.39. The van der Waals surface area contributed by atoms with Crippen molar-refractivity contribution < 1.29 is 28.9 Å². The number of allylic oxidation sites excluding steroid dienone is 1. The van der Waals surface area contributed by atoms with Crippen molar-refractivity contribution in [3.05, 3.63) is 59.0 Å². The average molecular weight is 491 g/mol. The Labute approximate surface area is 209 Å². The summed E-state index contributed by atoms with van der Waals surface area (Å²) in [7, 11) is 3.57. The molecule has 0 spiro atoms. The summed E-state index contributed by atoms with van der Waals surface area (Å²) in [5, 5.41) is 11.6. The number of hydrogen-bond donors (Lipinski definition) is 1. The number of ether oxygens (including phenoxy) is 3. The average Bonchev–Trinajstić information content (AvgIpc) is 3.37. The van der Waals surface area contributed by atoms with Crippen molar-refractivity contribution in [3.63, 3.8) is 0 Å². The molecule has 2 aliphatic heterocycles. The molecule has 188 valence electrons. The lowest BCUT2D eigenvalue weighted by molar-refractivity contribution is -0.149. The first kappa shape index (κ1) is 23.9. The molecule has 0 aliphatic carbocycles. The highest BCUT2D eigenvalue weighted by atomic mass is 16.5. The van der Waals surface area contributed by atoms with E-state index in [2.05, 4.69) is 4.90 Å². The molecule has 0 bridgehead atoms. The maximum atomic E-state index is 13.2. The number of Topliss-reactive ketones (excluding diaryl/α,β-unsaturated/α-hetero) is 1. The minimum atomic E-state index is -0.216. The zero-order valence-corrected chi connectivity index (χ0v) is 20.7. The predicted molar refractivity (Wildman–Crippen MR) is 135 cm³/mol. The first-order valence-corrected chi connectivity index (χ1v) is 12.2. The van der Waals surface area contributed by atoms with Crippen molar-refractivity contribution in [3.8, 4) is 17.2 Å². The highest BCUT2D eigenvalue weighted by Crippen LogP contribution is 2.41. The molecule has 8 heteroatoms. The Morgan fingerprint density at radius 3 is 2.72 bits per heavy atom. The van der Waals surface area contributed by atoms with Crippen molar-refractivity contribution in [2.24, 2.45) is 13.0 Å². The van der Waals surface area contributed by atoms with E-state index in [0.29, 0.717) is 56.0 Å². The molecule has 36 heavy (non-hydrogen) atoms. The van der Waals surface area contributed by atoms with Gasteiger partial charge in [-0.2, -0.15) is 0 Å². The molecule has 0 unspecified atom stereocenters. The molecular formula is C28H30N2O6. The molecule has 8 nitrogen and oxygen atoms in total. The van der Waals surface area contributed by atoms with Crippen molar-refractivity contribution in [2.75, 3.05) is 26.8 Å². The summed E-state index contributed by atoms with van der Waals surface area (Å²) in [6.07, 6.45) is 5.09. The van der Waals surface area contributed by atoms with E-state index >= 15 is 0 Å². The van der Waals surface area contributed by atoms with Crippen LogP contribution in [-0.4, -0.2) is 53.1 Å². The van der Waals surface area contributed by atoms with Crippen LogP contribution in [0.3, 0.4) is 0 Å². The number of aromatic hydroxyl groups is 1. The van der Waals surface area contributed by atoms with E-state index in [0.717, 1.165) is 22.2 Å². The van der Waals surface area contributed by atoms with Crippen LogP contribution in [0.4, 0.5) is 0 Å². The van der Waals surface area contributed by atoms with E-state index in [1.54, 1.807) is 25.3 Å². The molecule has 1 aromatic heterocycles. The third kappa shape index (κ3) is 4.33. The number of rotatable bonds is 6. The summed E-state index contributed by atoms with van der Waals surface area (Å²) in [5.74, 6) is 0.981. The van der Waals surface area contributed by atoms with E-state index < -0.39 is 0 Å². The SMILES string of the molecule is CCOC(=O)C1CCN(Cc2c(O)ccc3c2O/C(=C/c2cn(C)c4ccc(OC)cc24)C3=O)CC1. The third-order valence-electron chi connectivity index (χ3n) is 7.02. The number of nitrogens with zero attached hydrogens (tertiary/aromatic N) is 2. The minimum absolute atomic E-state index is 0.0882. The third-order valence-corrected chi connectivity index (χ3v) is 7.02. The fourth-order valence-corrected chi connectivity index (χ4v) is 5.05. The molecule has 0 amide bonds. The van der Waals surface area contributed by atoms with Gasteiger partial charge in [0.05, 0.1) is 30.8 Å². The number of aromatic nitrogens is 1. The van der Waals surface area contributed by atoms with Crippen molar-refractivity contribution in [1.29, 1.82) is 0 Å². The number of fused-ring (bicyclic) bond motifs is 2. The second-order valence-corrected chi connectivity index (χ2v) is 9.26. The van der Waals surface area contributed by atoms with Crippen LogP contribution >= 0.6 is 0 Å². The molecular weight excluding hydrogens is 460 g/mol. The lowest BCUT2D eigenvalue weighted by Gasteiger charge is -2.31. The number of esters is 1. The quantitative estimate of drug-likeness (QED) is 0.407. The Morgan fingerprint density at radius 2 is 2.00 bits per heavy atom. The second kappa shape index (κ2) is 9.70. The van der Waals surface area contributed by atoms with Crippen molar-refractivity contribution >= 4 is 28.7 Å². The van der Waals surface area contributed by atoms with Gasteiger partial charge in [0.2, 0.25) is 5.78 Å². The topological polar surface area (TPSA) is 90.2 Å². The summed E-state index contributed by atoms with van der Waals surface area (Å²) in [5.41, 5.74) is 2.87. The zero-order chi connectivity index (χ0) is 25.4. The Morgan fingerprint density at radius 1 is 1.22 bits per heavy atom. The zero-order valence-electron chi connectivity index (χ0n) is 20.7. The number of phenolic OH excluding ortho intramolecular Hbond substituents is 1. The predicted octanol–water partition coefficient (Wildman–Crippen LogP) is 4.28. The molecule has 1 N–H and O–H groups in total. The van der Waals surface area contributed by atoms with Crippen LogP contribution in [0.5, 0.6) is 17.2 Å². The number of methoxy groups -OCH3 is 1. The van der Waals surface area contributed by atoms with E-state index in [4.69, 9.17) is 14.2 Å². The number of phenols is 1. The first-order valence-electron chi connectivity index (χ1n) is 12.2. The number of likely N-dealkylation sites (tertiary alicyclic amines) is 1. The Bertz CT molecular complexity index is 1360. The van der Waals surface area contributed by atoms with Crippen LogP contribution in [0.1, 0.15) is 41.3 Å². The fourth-order valence-electron chi connectivity index (χ4n) is 5.05. The minimum Gasteiger partial charge on any atom is -0.507 e. The van der Waals surface area contributed by atoms with Gasteiger partial charge >= 0.3 is 5.97 Å². The maximum Gasteiger partial charge on any atom is 0.309 e.